The molecule has 0 aromatic heterocycles. The number of urea groups is 1. The number of benzene rings is 1. The molecule has 1 aromatic rings. The zero-order valence-electron chi connectivity index (χ0n) is 14.8. The molecule has 6 nitrogen and oxygen atoms in total. The minimum Gasteiger partial charge on any atom is -0.336 e. The number of piperidine rings is 1. The van der Waals surface area contributed by atoms with E-state index < -0.39 is 12.1 Å². The van der Waals surface area contributed by atoms with Crippen molar-refractivity contribution in [1.82, 2.24) is 15.1 Å². The first-order valence-corrected chi connectivity index (χ1v) is 8.94. The molecule has 3 atom stereocenters. The molecular weight excluding hydrogens is 318 g/mol. The van der Waals surface area contributed by atoms with Crippen molar-refractivity contribution < 1.29 is 14.4 Å². The first-order valence-electron chi connectivity index (χ1n) is 8.94. The maximum atomic E-state index is 12.7. The lowest BCUT2D eigenvalue weighted by Gasteiger charge is -2.39. The summed E-state index contributed by atoms with van der Waals surface area (Å²) in [6.07, 6.45) is 3.47. The van der Waals surface area contributed by atoms with Crippen molar-refractivity contribution in [1.29, 1.82) is 0 Å². The highest BCUT2D eigenvalue weighted by molar-refractivity contribution is 6.06. The molecule has 0 bridgehead atoms. The molecule has 4 amide bonds. The molecule has 2 aliphatic rings. The number of carbonyl (C=O) groups excluding carboxylic acids is 3. The monoisotopic (exact) mass is 343 g/mol. The van der Waals surface area contributed by atoms with Gasteiger partial charge in [-0.2, -0.15) is 0 Å². The van der Waals surface area contributed by atoms with E-state index in [9.17, 15) is 14.4 Å². The Bertz CT molecular complexity index is 651. The quantitative estimate of drug-likeness (QED) is 0.850. The van der Waals surface area contributed by atoms with Crippen molar-refractivity contribution >= 4 is 17.8 Å². The van der Waals surface area contributed by atoms with E-state index in [0.717, 1.165) is 29.7 Å². The number of imide groups is 1. The van der Waals surface area contributed by atoms with Gasteiger partial charge < -0.3 is 10.2 Å². The molecule has 1 aromatic carbocycles. The van der Waals surface area contributed by atoms with Crippen LogP contribution in [-0.2, 0) is 16.0 Å². The van der Waals surface area contributed by atoms with Crippen molar-refractivity contribution in [3.63, 3.8) is 0 Å². The zero-order chi connectivity index (χ0) is 18.0. The van der Waals surface area contributed by atoms with E-state index >= 15 is 0 Å². The summed E-state index contributed by atoms with van der Waals surface area (Å²) in [6, 6.07) is 8.78. The highest BCUT2D eigenvalue weighted by Crippen LogP contribution is 2.23. The summed E-state index contributed by atoms with van der Waals surface area (Å²) >= 11 is 0. The van der Waals surface area contributed by atoms with Crippen LogP contribution in [0.2, 0.25) is 0 Å². The number of nitrogens with zero attached hydrogens (tertiary/aromatic N) is 2. The number of hydrogen-bond acceptors (Lipinski definition) is 3. The molecule has 0 unspecified atom stereocenters. The third-order valence-electron chi connectivity index (χ3n) is 5.16. The third kappa shape index (κ3) is 3.67. The van der Waals surface area contributed by atoms with E-state index in [-0.39, 0.29) is 30.4 Å². The fraction of sp³-hybridized carbons (Fsp3) is 0.526. The smallest absolute Gasteiger partial charge is 0.325 e. The zero-order valence-corrected chi connectivity index (χ0v) is 14.8. The van der Waals surface area contributed by atoms with Gasteiger partial charge in [-0.1, -0.05) is 30.3 Å². The Hall–Kier alpha value is -2.37. The van der Waals surface area contributed by atoms with Crippen LogP contribution in [0, 0.1) is 0 Å². The Morgan fingerprint density at radius 3 is 2.40 bits per heavy atom. The summed E-state index contributed by atoms with van der Waals surface area (Å²) in [6.45, 7) is 3.87. The average Bonchev–Trinajstić information content (AvgIpc) is 2.83. The molecule has 1 N–H and O–H groups in total. The fourth-order valence-electron chi connectivity index (χ4n) is 3.84. The number of amides is 4. The van der Waals surface area contributed by atoms with Gasteiger partial charge in [-0.3, -0.25) is 14.5 Å². The normalized spacial score (nSPS) is 26.7. The van der Waals surface area contributed by atoms with Crippen LogP contribution < -0.4 is 5.32 Å². The van der Waals surface area contributed by atoms with Gasteiger partial charge in [0.25, 0.3) is 5.91 Å². The van der Waals surface area contributed by atoms with Crippen molar-refractivity contribution in [3.05, 3.63) is 35.9 Å². The van der Waals surface area contributed by atoms with Gasteiger partial charge >= 0.3 is 6.03 Å². The van der Waals surface area contributed by atoms with Crippen LogP contribution in [0.15, 0.2) is 30.3 Å². The Labute approximate surface area is 148 Å². The average molecular weight is 343 g/mol. The predicted molar refractivity (Wildman–Crippen MR) is 93.8 cm³/mol. The van der Waals surface area contributed by atoms with Crippen LogP contribution in [0.25, 0.3) is 0 Å². The van der Waals surface area contributed by atoms with Crippen molar-refractivity contribution in [2.45, 2.75) is 57.7 Å². The molecule has 2 saturated heterocycles. The fourth-order valence-corrected chi connectivity index (χ4v) is 3.84. The molecule has 0 radical (unpaired) electrons. The van der Waals surface area contributed by atoms with Gasteiger partial charge in [0.15, 0.2) is 0 Å². The molecule has 2 heterocycles. The molecule has 3 rings (SSSR count). The lowest BCUT2D eigenvalue weighted by Crippen LogP contribution is -2.52. The maximum Gasteiger partial charge on any atom is 0.325 e. The van der Waals surface area contributed by atoms with E-state index in [0.29, 0.717) is 6.42 Å². The molecule has 25 heavy (non-hydrogen) atoms. The van der Waals surface area contributed by atoms with Gasteiger partial charge in [-0.25, -0.2) is 4.79 Å². The van der Waals surface area contributed by atoms with E-state index in [4.69, 9.17) is 0 Å². The van der Waals surface area contributed by atoms with E-state index in [1.165, 1.54) is 0 Å². The van der Waals surface area contributed by atoms with Crippen LogP contribution in [-0.4, -0.2) is 52.3 Å². The molecule has 134 valence electrons. The number of rotatable bonds is 4. The summed E-state index contributed by atoms with van der Waals surface area (Å²) in [4.78, 5) is 40.3. The van der Waals surface area contributed by atoms with E-state index in [1.807, 2.05) is 49.1 Å². The summed E-state index contributed by atoms with van der Waals surface area (Å²) in [7, 11) is 0. The van der Waals surface area contributed by atoms with Crippen molar-refractivity contribution in [2.75, 3.05) is 6.54 Å². The first kappa shape index (κ1) is 17.5. The molecule has 2 aliphatic heterocycles. The SMILES string of the molecule is C[C@@H]1CCC[C@H](C)N1C(=O)CN1C(=O)N[C@H](Cc2ccccc2)C1=O. The van der Waals surface area contributed by atoms with Gasteiger partial charge in [0.05, 0.1) is 0 Å². The van der Waals surface area contributed by atoms with E-state index in [2.05, 4.69) is 5.32 Å². The summed E-state index contributed by atoms with van der Waals surface area (Å²) in [5, 5.41) is 2.70. The van der Waals surface area contributed by atoms with Crippen LogP contribution in [0.1, 0.15) is 38.7 Å². The minimum absolute atomic E-state index is 0.149. The van der Waals surface area contributed by atoms with Crippen LogP contribution in [0.4, 0.5) is 4.79 Å². The Morgan fingerprint density at radius 2 is 1.76 bits per heavy atom. The molecule has 0 aliphatic carbocycles. The molecule has 6 heteroatoms. The molecule has 0 saturated carbocycles. The predicted octanol–water partition coefficient (Wildman–Crippen LogP) is 1.94. The van der Waals surface area contributed by atoms with Crippen LogP contribution >= 0.6 is 0 Å². The summed E-state index contributed by atoms with van der Waals surface area (Å²) in [5.41, 5.74) is 0.979. The molecule has 0 spiro atoms. The van der Waals surface area contributed by atoms with Crippen LogP contribution in [0.5, 0.6) is 0 Å². The van der Waals surface area contributed by atoms with Gasteiger partial charge in [-0.15, -0.1) is 0 Å². The van der Waals surface area contributed by atoms with E-state index in [1.54, 1.807) is 0 Å². The number of likely N-dealkylation sites (tertiary alicyclic amines) is 1. The Balaban J connectivity index is 1.65. The number of hydrogen-bond donors (Lipinski definition) is 1. The van der Waals surface area contributed by atoms with Gasteiger partial charge in [0.1, 0.15) is 12.6 Å². The second-order valence-electron chi connectivity index (χ2n) is 7.05. The van der Waals surface area contributed by atoms with Crippen LogP contribution in [0.3, 0.4) is 0 Å². The highest BCUT2D eigenvalue weighted by Gasteiger charge is 2.40. The minimum atomic E-state index is -0.598. The second kappa shape index (κ2) is 7.25. The maximum absolute atomic E-state index is 12.7. The first-order chi connectivity index (χ1) is 12.0. The lowest BCUT2D eigenvalue weighted by atomic mass is 9.97. The van der Waals surface area contributed by atoms with Gasteiger partial charge in [0, 0.05) is 18.5 Å². The lowest BCUT2D eigenvalue weighted by molar-refractivity contribution is -0.141. The third-order valence-corrected chi connectivity index (χ3v) is 5.16. The van der Waals surface area contributed by atoms with Gasteiger partial charge in [0.2, 0.25) is 5.91 Å². The summed E-state index contributed by atoms with van der Waals surface area (Å²) < 4.78 is 0. The molecular formula is C19H25N3O3. The van der Waals surface area contributed by atoms with Gasteiger partial charge in [-0.05, 0) is 38.7 Å². The number of carbonyl (C=O) groups is 3. The van der Waals surface area contributed by atoms with Crippen molar-refractivity contribution in [2.24, 2.45) is 0 Å². The number of nitrogens with one attached hydrogen (secondary N) is 1. The Kier molecular flexibility index (Phi) is 5.06. The topological polar surface area (TPSA) is 69.7 Å². The van der Waals surface area contributed by atoms with Crippen molar-refractivity contribution in [3.8, 4) is 0 Å². The molecule has 2 fully saturated rings. The standard InChI is InChI=1S/C19H25N3O3/c1-13-7-6-8-14(2)22(13)17(23)12-21-18(24)16(20-19(21)25)11-15-9-4-3-5-10-15/h3-5,9-10,13-14,16H,6-8,11-12H2,1-2H3,(H,20,25)/t13-,14+,16-/m1/s1. The second-order valence-corrected chi connectivity index (χ2v) is 7.05. The Morgan fingerprint density at radius 1 is 1.12 bits per heavy atom. The highest BCUT2D eigenvalue weighted by atomic mass is 16.2. The largest absolute Gasteiger partial charge is 0.336 e. The summed E-state index contributed by atoms with van der Waals surface area (Å²) in [5.74, 6) is -0.469.